The smallest absolute Gasteiger partial charge is 0.407 e. The lowest BCUT2D eigenvalue weighted by Crippen LogP contribution is -2.42. The number of anilines is 1. The summed E-state index contributed by atoms with van der Waals surface area (Å²) in [5.41, 5.74) is -0.485. The fraction of sp³-hybridized carbons (Fsp3) is 0.643. The van der Waals surface area contributed by atoms with Gasteiger partial charge in [0.05, 0.1) is 0 Å². The molecule has 1 atom stereocenters. The van der Waals surface area contributed by atoms with E-state index in [0.717, 1.165) is 25.2 Å². The lowest BCUT2D eigenvalue weighted by molar-refractivity contribution is 0.0525. The summed E-state index contributed by atoms with van der Waals surface area (Å²) in [5.74, 6) is 0.785. The molecule has 0 bridgehead atoms. The Kier molecular flexibility index (Phi) is 4.88. The van der Waals surface area contributed by atoms with Gasteiger partial charge in [0.2, 0.25) is 0 Å². The van der Waals surface area contributed by atoms with Crippen molar-refractivity contribution in [1.82, 2.24) is 15.5 Å². The summed E-state index contributed by atoms with van der Waals surface area (Å²) in [4.78, 5) is 13.8. The standard InChI is InChI=1S/C14H21ClN4O2/c1-14(2,3)21-13(20)16-9-10-5-4-8-19(10)12-7-6-11(15)17-18-12/h6-7,10H,4-5,8-9H2,1-3H3,(H,16,20)/t10-/m0/s1. The van der Waals surface area contributed by atoms with E-state index in [0.29, 0.717) is 11.7 Å². The number of ether oxygens (including phenoxy) is 1. The van der Waals surface area contributed by atoms with Gasteiger partial charge in [0.25, 0.3) is 0 Å². The van der Waals surface area contributed by atoms with Crippen molar-refractivity contribution in [2.45, 2.75) is 45.3 Å². The monoisotopic (exact) mass is 312 g/mol. The number of carbonyl (C=O) groups is 1. The Hall–Kier alpha value is -1.56. The fourth-order valence-corrected chi connectivity index (χ4v) is 2.43. The van der Waals surface area contributed by atoms with Crippen LogP contribution in [0.1, 0.15) is 33.6 Å². The number of aromatic nitrogens is 2. The Labute approximate surface area is 129 Å². The first-order valence-corrected chi connectivity index (χ1v) is 7.46. The molecule has 21 heavy (non-hydrogen) atoms. The molecule has 1 aromatic rings. The molecule has 0 spiro atoms. The van der Waals surface area contributed by atoms with Crippen LogP contribution in [0.15, 0.2) is 12.1 Å². The summed E-state index contributed by atoms with van der Waals surface area (Å²) in [6.07, 6.45) is 1.67. The van der Waals surface area contributed by atoms with Gasteiger partial charge in [-0.15, -0.1) is 10.2 Å². The zero-order valence-corrected chi connectivity index (χ0v) is 13.4. The predicted molar refractivity (Wildman–Crippen MR) is 81.6 cm³/mol. The van der Waals surface area contributed by atoms with E-state index in [1.54, 1.807) is 6.07 Å². The van der Waals surface area contributed by atoms with Gasteiger partial charge in [-0.1, -0.05) is 11.6 Å². The fourth-order valence-electron chi connectivity index (χ4n) is 2.33. The molecule has 1 fully saturated rings. The van der Waals surface area contributed by atoms with Crippen LogP contribution in [0.5, 0.6) is 0 Å². The average molecular weight is 313 g/mol. The molecule has 1 aromatic heterocycles. The summed E-state index contributed by atoms with van der Waals surface area (Å²) in [6, 6.07) is 3.77. The molecule has 2 heterocycles. The minimum absolute atomic E-state index is 0.202. The predicted octanol–water partition coefficient (Wildman–Crippen LogP) is 2.62. The molecule has 6 nitrogen and oxygen atoms in total. The first kappa shape index (κ1) is 15.8. The van der Waals surface area contributed by atoms with Crippen LogP contribution in [0.2, 0.25) is 5.15 Å². The molecule has 7 heteroatoms. The highest BCUT2D eigenvalue weighted by atomic mass is 35.5. The van der Waals surface area contributed by atoms with Crippen molar-refractivity contribution >= 4 is 23.5 Å². The van der Waals surface area contributed by atoms with Crippen molar-refractivity contribution in [3.05, 3.63) is 17.3 Å². The highest BCUT2D eigenvalue weighted by Gasteiger charge is 2.27. The molecule has 116 valence electrons. The molecule has 0 saturated carbocycles. The lowest BCUT2D eigenvalue weighted by Gasteiger charge is -2.26. The summed E-state index contributed by atoms with van der Waals surface area (Å²) in [6.45, 7) is 6.96. The van der Waals surface area contributed by atoms with E-state index in [1.165, 1.54) is 0 Å². The molecular weight excluding hydrogens is 292 g/mol. The van der Waals surface area contributed by atoms with Crippen molar-refractivity contribution in [2.24, 2.45) is 0 Å². The second-order valence-electron chi connectivity index (χ2n) is 6.09. The number of amides is 1. The van der Waals surface area contributed by atoms with Crippen molar-refractivity contribution in [2.75, 3.05) is 18.0 Å². The van der Waals surface area contributed by atoms with Crippen molar-refractivity contribution < 1.29 is 9.53 Å². The van der Waals surface area contributed by atoms with Crippen molar-refractivity contribution in [1.29, 1.82) is 0 Å². The van der Waals surface area contributed by atoms with Gasteiger partial charge in [0.15, 0.2) is 11.0 Å². The normalized spacial score (nSPS) is 18.7. The summed E-state index contributed by atoms with van der Waals surface area (Å²) in [7, 11) is 0. The maximum Gasteiger partial charge on any atom is 0.407 e. The van der Waals surface area contributed by atoms with E-state index in [1.807, 2.05) is 26.8 Å². The maximum absolute atomic E-state index is 11.7. The number of alkyl carbamates (subject to hydrolysis) is 1. The third-order valence-electron chi connectivity index (χ3n) is 3.17. The van der Waals surface area contributed by atoms with Gasteiger partial charge in [-0.05, 0) is 45.7 Å². The second-order valence-corrected chi connectivity index (χ2v) is 6.47. The van der Waals surface area contributed by atoms with Gasteiger partial charge in [0.1, 0.15) is 5.60 Å². The van der Waals surface area contributed by atoms with Crippen LogP contribution < -0.4 is 10.2 Å². The molecule has 0 aliphatic carbocycles. The number of nitrogens with zero attached hydrogens (tertiary/aromatic N) is 3. The van der Waals surface area contributed by atoms with Crippen LogP contribution >= 0.6 is 11.6 Å². The van der Waals surface area contributed by atoms with Crippen LogP contribution in [-0.4, -0.2) is 41.0 Å². The molecule has 0 unspecified atom stereocenters. The average Bonchev–Trinajstić information content (AvgIpc) is 2.83. The lowest BCUT2D eigenvalue weighted by atomic mass is 10.2. The number of hydrogen-bond acceptors (Lipinski definition) is 5. The topological polar surface area (TPSA) is 67.3 Å². The molecule has 2 rings (SSSR count). The van der Waals surface area contributed by atoms with E-state index >= 15 is 0 Å². The molecule has 1 saturated heterocycles. The molecule has 1 aliphatic rings. The Bertz CT molecular complexity index is 487. The van der Waals surface area contributed by atoms with E-state index in [2.05, 4.69) is 20.4 Å². The Morgan fingerprint density at radius 1 is 1.48 bits per heavy atom. The van der Waals surface area contributed by atoms with Crippen LogP contribution in [0.4, 0.5) is 10.6 Å². The van der Waals surface area contributed by atoms with Crippen LogP contribution in [0, 0.1) is 0 Å². The molecule has 1 N–H and O–H groups in total. The number of hydrogen-bond donors (Lipinski definition) is 1. The van der Waals surface area contributed by atoms with E-state index in [4.69, 9.17) is 16.3 Å². The number of carbonyl (C=O) groups excluding carboxylic acids is 1. The quantitative estimate of drug-likeness (QED) is 0.929. The van der Waals surface area contributed by atoms with E-state index in [-0.39, 0.29) is 6.04 Å². The summed E-state index contributed by atoms with van der Waals surface area (Å²) >= 11 is 5.75. The zero-order valence-electron chi connectivity index (χ0n) is 12.6. The van der Waals surface area contributed by atoms with Gasteiger partial charge >= 0.3 is 6.09 Å². The Morgan fingerprint density at radius 2 is 2.24 bits per heavy atom. The first-order valence-electron chi connectivity index (χ1n) is 7.08. The third-order valence-corrected chi connectivity index (χ3v) is 3.37. The van der Waals surface area contributed by atoms with Gasteiger partial charge in [-0.25, -0.2) is 4.79 Å². The number of halogens is 1. The second kappa shape index (κ2) is 6.47. The van der Waals surface area contributed by atoms with E-state index in [9.17, 15) is 4.79 Å². The van der Waals surface area contributed by atoms with Gasteiger partial charge in [-0.2, -0.15) is 0 Å². The minimum Gasteiger partial charge on any atom is -0.444 e. The summed E-state index contributed by atoms with van der Waals surface area (Å²) < 4.78 is 5.24. The largest absolute Gasteiger partial charge is 0.444 e. The molecular formula is C14H21ClN4O2. The van der Waals surface area contributed by atoms with E-state index < -0.39 is 11.7 Å². The SMILES string of the molecule is CC(C)(C)OC(=O)NC[C@@H]1CCCN1c1ccc(Cl)nn1. The van der Waals surface area contributed by atoms with Crippen LogP contribution in [0.3, 0.4) is 0 Å². The van der Waals surface area contributed by atoms with Crippen molar-refractivity contribution in [3.8, 4) is 0 Å². The third kappa shape index (κ3) is 4.74. The van der Waals surface area contributed by atoms with Gasteiger partial charge in [-0.3, -0.25) is 0 Å². The molecule has 0 aromatic carbocycles. The van der Waals surface area contributed by atoms with Gasteiger partial charge < -0.3 is 15.0 Å². The minimum atomic E-state index is -0.485. The Morgan fingerprint density at radius 3 is 2.86 bits per heavy atom. The molecule has 1 aliphatic heterocycles. The zero-order chi connectivity index (χ0) is 15.5. The molecule has 1 amide bonds. The Balaban J connectivity index is 1.90. The highest BCUT2D eigenvalue weighted by molar-refractivity contribution is 6.29. The number of rotatable bonds is 3. The number of nitrogens with one attached hydrogen (secondary N) is 1. The van der Waals surface area contributed by atoms with Crippen LogP contribution in [-0.2, 0) is 4.74 Å². The maximum atomic E-state index is 11.7. The highest BCUT2D eigenvalue weighted by Crippen LogP contribution is 2.23. The van der Waals surface area contributed by atoms with Crippen molar-refractivity contribution in [3.63, 3.8) is 0 Å². The molecule has 0 radical (unpaired) electrons. The van der Waals surface area contributed by atoms with Gasteiger partial charge in [0, 0.05) is 19.1 Å². The van der Waals surface area contributed by atoms with Crippen LogP contribution in [0.25, 0.3) is 0 Å². The summed E-state index contributed by atoms with van der Waals surface area (Å²) in [5, 5.41) is 11.2. The first-order chi connectivity index (χ1) is 9.85.